The molecule has 6 heteroatoms. The Morgan fingerprint density at radius 2 is 2.22 bits per heavy atom. The highest BCUT2D eigenvalue weighted by Crippen LogP contribution is 2.21. The van der Waals surface area contributed by atoms with Crippen molar-refractivity contribution in [3.63, 3.8) is 0 Å². The summed E-state index contributed by atoms with van der Waals surface area (Å²) in [6.07, 6.45) is 0. The maximum absolute atomic E-state index is 13.2. The molecular weight excluding hydrogens is 280 g/mol. The predicted molar refractivity (Wildman–Crippen MR) is 69.9 cm³/mol. The first-order valence-corrected chi connectivity index (χ1v) is 6.11. The normalized spacial score (nSPS) is 12.3. The van der Waals surface area contributed by atoms with E-state index in [0.717, 1.165) is 0 Å². The molecule has 0 aromatic heterocycles. The topological polar surface area (TPSA) is 29.5 Å². The summed E-state index contributed by atoms with van der Waals surface area (Å²) in [5.74, 6) is -0.989. The number of amides is 1. The number of carbonyl (C=O) groups excluding carboxylic acids is 1. The van der Waals surface area contributed by atoms with Gasteiger partial charge in [0.2, 0.25) is 0 Å². The van der Waals surface area contributed by atoms with Crippen LogP contribution in [0.1, 0.15) is 10.4 Å². The summed E-state index contributed by atoms with van der Waals surface area (Å²) >= 11 is 11.7. The standard InChI is InChI=1S/C12H14Cl2FNO2/c1-16(6-8(13)7-18-2)12(17)9-4-3-5-10(15)11(9)14/h3-5,8H,6-7H2,1-2H3. The second-order valence-electron chi connectivity index (χ2n) is 3.84. The molecule has 1 aromatic carbocycles. The van der Waals surface area contributed by atoms with Gasteiger partial charge in [0, 0.05) is 20.7 Å². The van der Waals surface area contributed by atoms with Gasteiger partial charge in [-0.3, -0.25) is 4.79 Å². The fourth-order valence-corrected chi connectivity index (χ4v) is 2.03. The third kappa shape index (κ3) is 3.83. The Bertz CT molecular complexity index is 429. The van der Waals surface area contributed by atoms with Crippen molar-refractivity contribution in [3.05, 3.63) is 34.6 Å². The van der Waals surface area contributed by atoms with E-state index in [1.165, 1.54) is 30.2 Å². The lowest BCUT2D eigenvalue weighted by molar-refractivity contribution is 0.0781. The molecule has 1 atom stereocenters. The van der Waals surface area contributed by atoms with Crippen molar-refractivity contribution in [1.29, 1.82) is 0 Å². The average molecular weight is 294 g/mol. The predicted octanol–water partition coefficient (Wildman–Crippen LogP) is 2.80. The van der Waals surface area contributed by atoms with Gasteiger partial charge in [-0.2, -0.15) is 0 Å². The van der Waals surface area contributed by atoms with Crippen molar-refractivity contribution in [1.82, 2.24) is 4.90 Å². The summed E-state index contributed by atoms with van der Waals surface area (Å²) < 4.78 is 18.1. The number of alkyl halides is 1. The van der Waals surface area contributed by atoms with E-state index in [9.17, 15) is 9.18 Å². The quantitative estimate of drug-likeness (QED) is 0.782. The molecule has 0 fully saturated rings. The molecular formula is C12H14Cl2FNO2. The Morgan fingerprint density at radius 3 is 2.83 bits per heavy atom. The minimum absolute atomic E-state index is 0.125. The molecule has 0 saturated heterocycles. The Labute approximate surface area is 115 Å². The molecule has 0 saturated carbocycles. The third-order valence-corrected chi connectivity index (χ3v) is 3.00. The average Bonchev–Trinajstić information content (AvgIpc) is 2.32. The molecule has 1 aromatic rings. The highest BCUT2D eigenvalue weighted by Gasteiger charge is 2.19. The van der Waals surface area contributed by atoms with Crippen molar-refractivity contribution < 1.29 is 13.9 Å². The lowest BCUT2D eigenvalue weighted by atomic mass is 10.2. The van der Waals surface area contributed by atoms with Gasteiger partial charge < -0.3 is 9.64 Å². The van der Waals surface area contributed by atoms with E-state index < -0.39 is 5.82 Å². The molecule has 0 heterocycles. The van der Waals surface area contributed by atoms with Gasteiger partial charge in [0.25, 0.3) is 5.91 Å². The van der Waals surface area contributed by atoms with E-state index in [1.54, 1.807) is 7.05 Å². The first-order chi connectivity index (χ1) is 8.47. The highest BCUT2D eigenvalue weighted by molar-refractivity contribution is 6.34. The number of rotatable bonds is 5. The number of halogens is 3. The highest BCUT2D eigenvalue weighted by atomic mass is 35.5. The van der Waals surface area contributed by atoms with Crippen LogP contribution in [0.15, 0.2) is 18.2 Å². The molecule has 0 N–H and O–H groups in total. The number of carbonyl (C=O) groups is 1. The van der Waals surface area contributed by atoms with Crippen LogP contribution in [0.25, 0.3) is 0 Å². The van der Waals surface area contributed by atoms with Crippen LogP contribution in [-0.2, 0) is 4.74 Å². The van der Waals surface area contributed by atoms with Gasteiger partial charge in [-0.25, -0.2) is 4.39 Å². The monoisotopic (exact) mass is 293 g/mol. The Morgan fingerprint density at radius 1 is 1.56 bits per heavy atom. The van der Waals surface area contributed by atoms with Crippen molar-refractivity contribution in [2.45, 2.75) is 5.38 Å². The Kier molecular flexibility index (Phi) is 5.85. The van der Waals surface area contributed by atoms with Crippen LogP contribution >= 0.6 is 23.2 Å². The van der Waals surface area contributed by atoms with E-state index >= 15 is 0 Å². The van der Waals surface area contributed by atoms with Gasteiger partial charge in [0.05, 0.1) is 22.6 Å². The van der Waals surface area contributed by atoms with Crippen LogP contribution in [0.3, 0.4) is 0 Å². The molecule has 1 rings (SSSR count). The fourth-order valence-electron chi connectivity index (χ4n) is 1.49. The summed E-state index contributed by atoms with van der Waals surface area (Å²) in [6.45, 7) is 0.622. The Hall–Kier alpha value is -0.840. The lowest BCUT2D eigenvalue weighted by Crippen LogP contribution is -2.34. The Balaban J connectivity index is 2.77. The van der Waals surface area contributed by atoms with Crippen molar-refractivity contribution >= 4 is 29.1 Å². The van der Waals surface area contributed by atoms with Gasteiger partial charge in [-0.1, -0.05) is 17.7 Å². The molecule has 0 spiro atoms. The smallest absolute Gasteiger partial charge is 0.255 e. The maximum Gasteiger partial charge on any atom is 0.255 e. The van der Waals surface area contributed by atoms with Crippen molar-refractivity contribution in [2.75, 3.05) is 27.3 Å². The zero-order valence-electron chi connectivity index (χ0n) is 10.1. The molecule has 0 aliphatic carbocycles. The first kappa shape index (κ1) is 15.2. The van der Waals surface area contributed by atoms with E-state index in [-0.39, 0.29) is 21.9 Å². The summed E-state index contributed by atoms with van der Waals surface area (Å²) in [6, 6.07) is 4.12. The zero-order chi connectivity index (χ0) is 13.7. The minimum atomic E-state index is -0.616. The van der Waals surface area contributed by atoms with Gasteiger partial charge in [-0.15, -0.1) is 11.6 Å². The number of ether oxygens (including phenoxy) is 1. The van der Waals surface area contributed by atoms with E-state index in [0.29, 0.717) is 13.2 Å². The molecule has 3 nitrogen and oxygen atoms in total. The molecule has 1 unspecified atom stereocenters. The van der Waals surface area contributed by atoms with Crippen LogP contribution in [0, 0.1) is 5.82 Å². The lowest BCUT2D eigenvalue weighted by Gasteiger charge is -2.20. The summed E-state index contributed by atoms with van der Waals surface area (Å²) in [5.41, 5.74) is 0.125. The zero-order valence-corrected chi connectivity index (χ0v) is 11.6. The minimum Gasteiger partial charge on any atom is -0.383 e. The number of hydrogen-bond donors (Lipinski definition) is 0. The van der Waals surface area contributed by atoms with Crippen molar-refractivity contribution in [3.8, 4) is 0 Å². The van der Waals surface area contributed by atoms with Crippen LogP contribution in [0.2, 0.25) is 5.02 Å². The SMILES string of the molecule is COCC(Cl)CN(C)C(=O)c1cccc(F)c1Cl. The summed E-state index contributed by atoms with van der Waals surface area (Å²) in [7, 11) is 3.11. The third-order valence-electron chi connectivity index (χ3n) is 2.35. The largest absolute Gasteiger partial charge is 0.383 e. The summed E-state index contributed by atoms with van der Waals surface area (Å²) in [4.78, 5) is 13.4. The molecule has 0 radical (unpaired) electrons. The van der Waals surface area contributed by atoms with Gasteiger partial charge in [0.15, 0.2) is 0 Å². The number of benzene rings is 1. The number of nitrogens with zero attached hydrogens (tertiary/aromatic N) is 1. The van der Waals surface area contributed by atoms with E-state index in [4.69, 9.17) is 27.9 Å². The van der Waals surface area contributed by atoms with E-state index in [1.807, 2.05) is 0 Å². The van der Waals surface area contributed by atoms with Crippen LogP contribution in [-0.4, -0.2) is 43.5 Å². The first-order valence-electron chi connectivity index (χ1n) is 5.29. The van der Waals surface area contributed by atoms with Crippen LogP contribution < -0.4 is 0 Å². The van der Waals surface area contributed by atoms with Crippen LogP contribution in [0.5, 0.6) is 0 Å². The summed E-state index contributed by atoms with van der Waals surface area (Å²) in [5, 5.41) is -0.497. The molecule has 0 aliphatic rings. The molecule has 0 aliphatic heterocycles. The van der Waals surface area contributed by atoms with Gasteiger partial charge >= 0.3 is 0 Å². The molecule has 0 bridgehead atoms. The molecule has 100 valence electrons. The van der Waals surface area contributed by atoms with Crippen molar-refractivity contribution in [2.24, 2.45) is 0 Å². The van der Waals surface area contributed by atoms with E-state index in [2.05, 4.69) is 0 Å². The number of methoxy groups -OCH3 is 1. The number of hydrogen-bond acceptors (Lipinski definition) is 2. The van der Waals surface area contributed by atoms with Gasteiger partial charge in [-0.05, 0) is 12.1 Å². The second-order valence-corrected chi connectivity index (χ2v) is 4.83. The maximum atomic E-state index is 13.2. The van der Waals surface area contributed by atoms with Crippen LogP contribution in [0.4, 0.5) is 4.39 Å². The molecule has 18 heavy (non-hydrogen) atoms. The molecule has 1 amide bonds. The second kappa shape index (κ2) is 6.92. The fraction of sp³-hybridized carbons (Fsp3) is 0.417. The van der Waals surface area contributed by atoms with Gasteiger partial charge in [0.1, 0.15) is 5.82 Å².